The van der Waals surface area contributed by atoms with Gasteiger partial charge in [0.25, 0.3) is 5.89 Å². The van der Waals surface area contributed by atoms with Crippen molar-refractivity contribution < 1.29 is 18.8 Å². The van der Waals surface area contributed by atoms with Gasteiger partial charge in [-0.1, -0.05) is 11.2 Å². The fraction of sp³-hybridized carbons (Fsp3) is 0.462. The molecule has 7 nitrogen and oxygen atoms in total. The van der Waals surface area contributed by atoms with Gasteiger partial charge in [-0.05, 0) is 11.4 Å². The Hall–Kier alpha value is -1.77. The minimum Gasteiger partial charge on any atom is -0.468 e. The third kappa shape index (κ3) is 3.12. The summed E-state index contributed by atoms with van der Waals surface area (Å²) in [6, 6.07) is 3.43. The van der Waals surface area contributed by atoms with Gasteiger partial charge in [0.15, 0.2) is 5.82 Å². The lowest BCUT2D eigenvalue weighted by Crippen LogP contribution is -2.49. The fourth-order valence-corrected chi connectivity index (χ4v) is 2.83. The molecule has 112 valence electrons. The summed E-state index contributed by atoms with van der Waals surface area (Å²) in [7, 11) is 1.37. The molecule has 1 atom stereocenters. The van der Waals surface area contributed by atoms with Gasteiger partial charge in [0.1, 0.15) is 6.04 Å². The van der Waals surface area contributed by atoms with Gasteiger partial charge in [-0.2, -0.15) is 4.98 Å². The van der Waals surface area contributed by atoms with Gasteiger partial charge in [0.2, 0.25) is 0 Å². The first-order valence-electron chi connectivity index (χ1n) is 6.54. The monoisotopic (exact) mass is 309 g/mol. The second-order valence-electron chi connectivity index (χ2n) is 4.58. The Morgan fingerprint density at radius 2 is 2.52 bits per heavy atom. The molecule has 0 saturated carbocycles. The number of carbonyl (C=O) groups excluding carboxylic acids is 1. The van der Waals surface area contributed by atoms with Crippen molar-refractivity contribution in [1.82, 2.24) is 15.0 Å². The third-order valence-corrected chi connectivity index (χ3v) is 4.12. The van der Waals surface area contributed by atoms with E-state index in [-0.39, 0.29) is 5.97 Å². The molecule has 0 spiro atoms. The molecular weight excluding hydrogens is 294 g/mol. The number of rotatable bonds is 4. The molecule has 0 aromatic carbocycles. The summed E-state index contributed by atoms with van der Waals surface area (Å²) < 4.78 is 15.4. The lowest BCUT2D eigenvalue weighted by atomic mass is 10.2. The molecule has 21 heavy (non-hydrogen) atoms. The van der Waals surface area contributed by atoms with Crippen LogP contribution in [-0.4, -0.2) is 53.9 Å². The van der Waals surface area contributed by atoms with Crippen molar-refractivity contribution in [2.45, 2.75) is 12.6 Å². The second kappa shape index (κ2) is 6.33. The Bertz CT molecular complexity index is 598. The van der Waals surface area contributed by atoms with Crippen molar-refractivity contribution in [3.05, 3.63) is 23.3 Å². The number of aromatic nitrogens is 2. The topological polar surface area (TPSA) is 77.7 Å². The molecule has 0 amide bonds. The average molecular weight is 309 g/mol. The van der Waals surface area contributed by atoms with Crippen molar-refractivity contribution in [3.63, 3.8) is 0 Å². The molecule has 8 heteroatoms. The maximum absolute atomic E-state index is 11.8. The van der Waals surface area contributed by atoms with Gasteiger partial charge in [-0.25, -0.2) is 0 Å². The Kier molecular flexibility index (Phi) is 4.28. The van der Waals surface area contributed by atoms with Crippen LogP contribution >= 0.6 is 11.3 Å². The van der Waals surface area contributed by atoms with E-state index in [1.54, 1.807) is 11.3 Å². The predicted molar refractivity (Wildman–Crippen MR) is 74.6 cm³/mol. The van der Waals surface area contributed by atoms with Gasteiger partial charge in [-0.15, -0.1) is 11.3 Å². The Labute approximate surface area is 125 Å². The molecule has 0 radical (unpaired) electrons. The molecule has 1 fully saturated rings. The fourth-order valence-electron chi connectivity index (χ4n) is 2.18. The first kappa shape index (κ1) is 14.2. The van der Waals surface area contributed by atoms with Crippen molar-refractivity contribution in [1.29, 1.82) is 0 Å². The maximum atomic E-state index is 11.8. The van der Waals surface area contributed by atoms with Crippen molar-refractivity contribution in [3.8, 4) is 10.8 Å². The smallest absolute Gasteiger partial charge is 0.325 e. The highest BCUT2D eigenvalue weighted by Crippen LogP contribution is 2.23. The van der Waals surface area contributed by atoms with Crippen molar-refractivity contribution >= 4 is 17.3 Å². The van der Waals surface area contributed by atoms with E-state index in [9.17, 15) is 4.79 Å². The number of carbonyl (C=O) groups is 1. The molecule has 0 N–H and O–H groups in total. The summed E-state index contributed by atoms with van der Waals surface area (Å²) in [6.45, 7) is 1.95. The second-order valence-corrected chi connectivity index (χ2v) is 5.53. The van der Waals surface area contributed by atoms with Crippen LogP contribution in [0.5, 0.6) is 0 Å². The van der Waals surface area contributed by atoms with E-state index in [2.05, 4.69) is 10.1 Å². The average Bonchev–Trinajstić information content (AvgIpc) is 3.18. The van der Waals surface area contributed by atoms with Crippen LogP contribution < -0.4 is 0 Å². The van der Waals surface area contributed by atoms with Crippen LogP contribution in [0.2, 0.25) is 0 Å². The van der Waals surface area contributed by atoms with Gasteiger partial charge in [-0.3, -0.25) is 9.69 Å². The molecule has 1 aliphatic rings. The van der Waals surface area contributed by atoms with E-state index in [1.165, 1.54) is 7.11 Å². The molecule has 3 rings (SSSR count). The van der Waals surface area contributed by atoms with Crippen molar-refractivity contribution in [2.75, 3.05) is 26.9 Å². The molecule has 1 aliphatic heterocycles. The van der Waals surface area contributed by atoms with E-state index < -0.39 is 6.04 Å². The van der Waals surface area contributed by atoms with Crippen LogP contribution in [0.4, 0.5) is 0 Å². The molecule has 0 aliphatic carbocycles. The van der Waals surface area contributed by atoms with Crippen LogP contribution in [-0.2, 0) is 20.8 Å². The summed E-state index contributed by atoms with van der Waals surface area (Å²) >= 11 is 1.54. The largest absolute Gasteiger partial charge is 0.468 e. The van der Waals surface area contributed by atoms with Crippen LogP contribution in [0.1, 0.15) is 5.82 Å². The van der Waals surface area contributed by atoms with E-state index in [4.69, 9.17) is 14.0 Å². The number of methoxy groups -OCH3 is 1. The van der Waals surface area contributed by atoms with Gasteiger partial charge < -0.3 is 14.0 Å². The van der Waals surface area contributed by atoms with Crippen LogP contribution in [0.3, 0.4) is 0 Å². The first-order chi connectivity index (χ1) is 10.3. The highest BCUT2D eigenvalue weighted by Gasteiger charge is 2.31. The minimum atomic E-state index is -0.424. The van der Waals surface area contributed by atoms with Gasteiger partial charge in [0, 0.05) is 6.54 Å². The third-order valence-electron chi connectivity index (χ3n) is 3.26. The number of nitrogens with zero attached hydrogens (tertiary/aromatic N) is 3. The number of ether oxygens (including phenoxy) is 2. The standard InChI is InChI=1S/C13H15N3O4S/c1-18-13(17)9-8-19-5-4-16(9)7-11-14-12(20-15-11)10-3-2-6-21-10/h2-3,6,9H,4-5,7-8H2,1H3. The van der Waals surface area contributed by atoms with Gasteiger partial charge >= 0.3 is 5.97 Å². The Balaban J connectivity index is 1.71. The summed E-state index contributed by atoms with van der Waals surface area (Å²) in [5, 5.41) is 5.92. The van der Waals surface area contributed by atoms with E-state index in [0.717, 1.165) is 4.88 Å². The number of hydrogen-bond acceptors (Lipinski definition) is 8. The number of esters is 1. The molecule has 2 aromatic heterocycles. The predicted octanol–water partition coefficient (Wildman–Crippen LogP) is 1.17. The molecular formula is C13H15N3O4S. The summed E-state index contributed by atoms with van der Waals surface area (Å²) in [5.74, 6) is 0.744. The molecule has 0 bridgehead atoms. The first-order valence-corrected chi connectivity index (χ1v) is 7.42. The lowest BCUT2D eigenvalue weighted by molar-refractivity contribution is -0.153. The normalized spacial score (nSPS) is 19.6. The molecule has 2 aromatic rings. The van der Waals surface area contributed by atoms with Crippen LogP contribution in [0.15, 0.2) is 22.0 Å². The zero-order valence-electron chi connectivity index (χ0n) is 11.5. The van der Waals surface area contributed by atoms with Crippen molar-refractivity contribution in [2.24, 2.45) is 0 Å². The number of thiophene rings is 1. The Morgan fingerprint density at radius 3 is 3.29 bits per heavy atom. The highest BCUT2D eigenvalue weighted by molar-refractivity contribution is 7.13. The zero-order valence-corrected chi connectivity index (χ0v) is 12.3. The SMILES string of the molecule is COC(=O)C1COCCN1Cc1noc(-c2cccs2)n1. The van der Waals surface area contributed by atoms with Crippen LogP contribution in [0, 0.1) is 0 Å². The summed E-state index contributed by atoms with van der Waals surface area (Å²) in [5.41, 5.74) is 0. The summed E-state index contributed by atoms with van der Waals surface area (Å²) in [6.07, 6.45) is 0. The molecule has 1 unspecified atom stereocenters. The van der Waals surface area contributed by atoms with Gasteiger partial charge in [0.05, 0.1) is 31.7 Å². The summed E-state index contributed by atoms with van der Waals surface area (Å²) in [4.78, 5) is 19.0. The lowest BCUT2D eigenvalue weighted by Gasteiger charge is -2.32. The Morgan fingerprint density at radius 1 is 1.62 bits per heavy atom. The zero-order chi connectivity index (χ0) is 14.7. The quantitative estimate of drug-likeness (QED) is 0.785. The minimum absolute atomic E-state index is 0.309. The highest BCUT2D eigenvalue weighted by atomic mass is 32.1. The van der Waals surface area contributed by atoms with Crippen LogP contribution in [0.25, 0.3) is 10.8 Å². The number of morpholine rings is 1. The van der Waals surface area contributed by atoms with E-state index in [0.29, 0.717) is 38.0 Å². The van der Waals surface area contributed by atoms with E-state index >= 15 is 0 Å². The molecule has 1 saturated heterocycles. The molecule has 3 heterocycles. The number of hydrogen-bond donors (Lipinski definition) is 0. The maximum Gasteiger partial charge on any atom is 0.325 e. The van der Waals surface area contributed by atoms with E-state index in [1.807, 2.05) is 22.4 Å².